The molecular weight excluding hydrogens is 431 g/mol. The molecule has 0 spiro atoms. The molecule has 2 N–H and O–H groups in total. The highest BCUT2D eigenvalue weighted by atomic mass is 32.2. The minimum Gasteiger partial charge on any atom is -0.335 e. The second-order valence-corrected chi connectivity index (χ2v) is 8.99. The predicted octanol–water partition coefficient (Wildman–Crippen LogP) is 3.67. The summed E-state index contributed by atoms with van der Waals surface area (Å²) < 4.78 is 15.4. The van der Waals surface area contributed by atoms with E-state index in [1.165, 1.54) is 30.3 Å². The first-order valence-electron chi connectivity index (χ1n) is 11.1. The lowest BCUT2D eigenvalue weighted by atomic mass is 10.1. The number of rotatable bonds is 8. The molecule has 1 aliphatic heterocycles. The second-order valence-electron chi connectivity index (χ2n) is 8.04. The molecule has 1 aliphatic rings. The fraction of sp³-hybridized carbons (Fsp3) is 0.545. The van der Waals surface area contributed by atoms with Crippen molar-refractivity contribution in [2.45, 2.75) is 63.7 Å². The van der Waals surface area contributed by atoms with Crippen LogP contribution < -0.4 is 10.6 Å². The number of urea groups is 1. The monoisotopic (exact) mass is 462 g/mol. The molecule has 0 saturated carbocycles. The number of carbonyl (C=O) groups is 2. The van der Waals surface area contributed by atoms with Crippen molar-refractivity contribution in [1.29, 1.82) is 0 Å². The van der Waals surface area contributed by atoms with Gasteiger partial charge in [-0.25, -0.2) is 9.18 Å². The largest absolute Gasteiger partial charge is 0.335 e. The fourth-order valence-corrected chi connectivity index (χ4v) is 4.36. The zero-order chi connectivity index (χ0) is 23.1. The van der Waals surface area contributed by atoms with Crippen LogP contribution in [-0.2, 0) is 4.79 Å². The third-order valence-corrected chi connectivity index (χ3v) is 6.56. The molecule has 8 nitrogen and oxygen atoms in total. The first kappa shape index (κ1) is 24.2. The SMILES string of the molecule is CCC(C)NC(=O)NC(=O)CSc1nnc(C(C)N2CCCCC2)n1-c1ccc(F)cc1. The number of piperidine rings is 1. The zero-order valence-corrected chi connectivity index (χ0v) is 19.6. The van der Waals surface area contributed by atoms with E-state index in [-0.39, 0.29) is 23.7 Å². The van der Waals surface area contributed by atoms with Crippen LogP contribution in [0.15, 0.2) is 29.4 Å². The summed E-state index contributed by atoms with van der Waals surface area (Å²) in [6, 6.07) is 5.64. The highest BCUT2D eigenvalue weighted by Gasteiger charge is 2.26. The van der Waals surface area contributed by atoms with Crippen molar-refractivity contribution in [3.05, 3.63) is 35.9 Å². The van der Waals surface area contributed by atoms with E-state index < -0.39 is 11.9 Å². The van der Waals surface area contributed by atoms with Crippen molar-refractivity contribution in [3.63, 3.8) is 0 Å². The molecule has 174 valence electrons. The molecule has 2 aromatic rings. The number of nitrogens with one attached hydrogen (secondary N) is 2. The Hall–Kier alpha value is -2.46. The summed E-state index contributed by atoms with van der Waals surface area (Å²) in [5.41, 5.74) is 0.729. The van der Waals surface area contributed by atoms with Crippen LogP contribution >= 0.6 is 11.8 Å². The third kappa shape index (κ3) is 6.29. The zero-order valence-electron chi connectivity index (χ0n) is 18.8. The Morgan fingerprint density at radius 3 is 2.47 bits per heavy atom. The van der Waals surface area contributed by atoms with Crippen molar-refractivity contribution >= 4 is 23.7 Å². The molecule has 10 heteroatoms. The van der Waals surface area contributed by atoms with Gasteiger partial charge in [0.15, 0.2) is 11.0 Å². The van der Waals surface area contributed by atoms with Gasteiger partial charge < -0.3 is 5.32 Å². The molecule has 2 heterocycles. The molecule has 0 radical (unpaired) electrons. The summed E-state index contributed by atoms with van der Waals surface area (Å²) >= 11 is 1.19. The normalized spacial score (nSPS) is 16.4. The molecule has 2 unspecified atom stereocenters. The van der Waals surface area contributed by atoms with E-state index in [9.17, 15) is 14.0 Å². The van der Waals surface area contributed by atoms with Crippen LogP contribution in [0.1, 0.15) is 58.3 Å². The van der Waals surface area contributed by atoms with Gasteiger partial charge in [-0.2, -0.15) is 0 Å². The lowest BCUT2D eigenvalue weighted by Gasteiger charge is -2.31. The van der Waals surface area contributed by atoms with Crippen molar-refractivity contribution in [2.24, 2.45) is 0 Å². The van der Waals surface area contributed by atoms with Crippen molar-refractivity contribution < 1.29 is 14.0 Å². The van der Waals surface area contributed by atoms with Crippen LogP contribution in [0.3, 0.4) is 0 Å². The minimum absolute atomic E-state index is 0.00531. The molecule has 0 bridgehead atoms. The lowest BCUT2D eigenvalue weighted by Crippen LogP contribution is -2.43. The molecule has 2 atom stereocenters. The summed E-state index contributed by atoms with van der Waals surface area (Å²) in [4.78, 5) is 26.5. The predicted molar refractivity (Wildman–Crippen MR) is 122 cm³/mol. The highest BCUT2D eigenvalue weighted by Crippen LogP contribution is 2.29. The number of imide groups is 1. The number of thioether (sulfide) groups is 1. The summed E-state index contributed by atoms with van der Waals surface area (Å²) in [6.07, 6.45) is 4.30. The van der Waals surface area contributed by atoms with E-state index in [0.29, 0.717) is 5.16 Å². The van der Waals surface area contributed by atoms with E-state index in [1.54, 1.807) is 12.1 Å². The number of hydrogen-bond acceptors (Lipinski definition) is 6. The number of amides is 3. The number of carbonyl (C=O) groups excluding carboxylic acids is 2. The number of hydrogen-bond donors (Lipinski definition) is 2. The maximum Gasteiger partial charge on any atom is 0.321 e. The van der Waals surface area contributed by atoms with Crippen LogP contribution in [0.25, 0.3) is 5.69 Å². The molecule has 3 amide bonds. The van der Waals surface area contributed by atoms with Crippen LogP contribution in [0, 0.1) is 5.82 Å². The maximum atomic E-state index is 13.5. The standard InChI is InChI=1S/C22H31FN6O2S/c1-4-15(2)24-21(31)25-19(30)14-32-22-27-26-20(16(3)28-12-6-5-7-13-28)29(22)18-10-8-17(23)9-11-18/h8-11,15-16H,4-7,12-14H2,1-3H3,(H2,24,25,30,31). The highest BCUT2D eigenvalue weighted by molar-refractivity contribution is 7.99. The van der Waals surface area contributed by atoms with Gasteiger partial charge >= 0.3 is 6.03 Å². The van der Waals surface area contributed by atoms with Crippen molar-refractivity contribution in [2.75, 3.05) is 18.8 Å². The molecule has 0 aliphatic carbocycles. The van der Waals surface area contributed by atoms with Crippen LogP contribution in [0.2, 0.25) is 0 Å². The second kappa shape index (κ2) is 11.4. The summed E-state index contributed by atoms with van der Waals surface area (Å²) in [5.74, 6) is 0.00473. The summed E-state index contributed by atoms with van der Waals surface area (Å²) in [7, 11) is 0. The van der Waals surface area contributed by atoms with E-state index in [4.69, 9.17) is 0 Å². The fourth-order valence-electron chi connectivity index (χ4n) is 3.60. The number of halogens is 1. The third-order valence-electron chi connectivity index (χ3n) is 5.63. The smallest absolute Gasteiger partial charge is 0.321 e. The Labute approximate surface area is 192 Å². The number of likely N-dealkylation sites (tertiary alicyclic amines) is 1. The molecule has 1 aromatic heterocycles. The van der Waals surface area contributed by atoms with E-state index in [0.717, 1.165) is 43.9 Å². The van der Waals surface area contributed by atoms with Crippen LogP contribution in [0.4, 0.5) is 9.18 Å². The van der Waals surface area contributed by atoms with Gasteiger partial charge in [0.2, 0.25) is 5.91 Å². The van der Waals surface area contributed by atoms with Gasteiger partial charge in [-0.3, -0.25) is 19.6 Å². The Morgan fingerprint density at radius 2 is 1.81 bits per heavy atom. The number of aromatic nitrogens is 3. The number of nitrogens with zero attached hydrogens (tertiary/aromatic N) is 4. The van der Waals surface area contributed by atoms with Gasteiger partial charge in [-0.05, 0) is 70.5 Å². The van der Waals surface area contributed by atoms with Gasteiger partial charge in [0, 0.05) is 11.7 Å². The Bertz CT molecular complexity index is 914. The maximum absolute atomic E-state index is 13.5. The van der Waals surface area contributed by atoms with E-state index in [1.807, 2.05) is 18.4 Å². The summed E-state index contributed by atoms with van der Waals surface area (Å²) in [5, 5.41) is 14.3. The average molecular weight is 463 g/mol. The van der Waals surface area contributed by atoms with E-state index in [2.05, 4.69) is 32.7 Å². The van der Waals surface area contributed by atoms with E-state index >= 15 is 0 Å². The first-order valence-corrected chi connectivity index (χ1v) is 12.1. The molecule has 1 saturated heterocycles. The average Bonchev–Trinajstić information content (AvgIpc) is 3.22. The Morgan fingerprint density at radius 1 is 1.12 bits per heavy atom. The summed E-state index contributed by atoms with van der Waals surface area (Å²) in [6.45, 7) is 7.90. The van der Waals surface area contributed by atoms with Gasteiger partial charge in [0.05, 0.1) is 11.8 Å². The van der Waals surface area contributed by atoms with Gasteiger partial charge in [0.1, 0.15) is 5.82 Å². The molecule has 32 heavy (non-hydrogen) atoms. The Kier molecular flexibility index (Phi) is 8.63. The minimum atomic E-state index is -0.510. The molecule has 3 rings (SSSR count). The molecular formula is C22H31FN6O2S. The molecule has 1 fully saturated rings. The Balaban J connectivity index is 1.76. The van der Waals surface area contributed by atoms with Gasteiger partial charge in [0.25, 0.3) is 0 Å². The van der Waals surface area contributed by atoms with Crippen LogP contribution in [0.5, 0.6) is 0 Å². The van der Waals surface area contributed by atoms with Gasteiger partial charge in [-0.1, -0.05) is 25.1 Å². The lowest BCUT2D eigenvalue weighted by molar-refractivity contribution is -0.117. The first-order chi connectivity index (χ1) is 15.4. The quantitative estimate of drug-likeness (QED) is 0.582. The van der Waals surface area contributed by atoms with Crippen LogP contribution in [-0.4, -0.2) is 56.5 Å². The molecule has 1 aromatic carbocycles. The number of benzene rings is 1. The van der Waals surface area contributed by atoms with Gasteiger partial charge in [-0.15, -0.1) is 10.2 Å². The topological polar surface area (TPSA) is 92.2 Å². The van der Waals surface area contributed by atoms with Crippen molar-refractivity contribution in [1.82, 2.24) is 30.3 Å². The van der Waals surface area contributed by atoms with Crippen molar-refractivity contribution in [3.8, 4) is 5.69 Å².